The Balaban J connectivity index is 1.92. The summed E-state index contributed by atoms with van der Waals surface area (Å²) in [4.78, 5) is 0. The first kappa shape index (κ1) is 13.9. The molecule has 0 heterocycles. The second-order valence-corrected chi connectivity index (χ2v) is 6.54. The highest BCUT2D eigenvalue weighted by Gasteiger charge is 2.10. The average Bonchev–Trinajstić information content (AvgIpc) is 2.37. The van der Waals surface area contributed by atoms with E-state index < -0.39 is 0 Å². The molecule has 0 aliphatic rings. The topological polar surface area (TPSA) is 0 Å². The predicted molar refractivity (Wildman–Crippen MR) is 83.5 cm³/mol. The van der Waals surface area contributed by atoms with Gasteiger partial charge in [-0.25, -0.2) is 0 Å². The van der Waals surface area contributed by atoms with E-state index in [1.807, 2.05) is 0 Å². The standard InChI is InChI=1S/C19H24/c1-19(2,3)15-18-13-11-17(12-14-18)10-9-16-7-5-4-6-8-16/h4-8,11-14H,9-10,15H2,1-3H3. The van der Waals surface area contributed by atoms with E-state index in [4.69, 9.17) is 0 Å². The highest BCUT2D eigenvalue weighted by atomic mass is 14.2. The molecule has 0 radical (unpaired) electrons. The largest absolute Gasteiger partial charge is 0.0622 e. The zero-order valence-electron chi connectivity index (χ0n) is 12.3. The Morgan fingerprint density at radius 2 is 1.11 bits per heavy atom. The van der Waals surface area contributed by atoms with Crippen LogP contribution in [0.5, 0.6) is 0 Å². The molecule has 0 saturated heterocycles. The Morgan fingerprint density at radius 3 is 1.63 bits per heavy atom. The van der Waals surface area contributed by atoms with Crippen LogP contribution >= 0.6 is 0 Å². The molecule has 0 unspecified atom stereocenters. The molecule has 100 valence electrons. The summed E-state index contributed by atoms with van der Waals surface area (Å²) in [6.45, 7) is 6.86. The fraction of sp³-hybridized carbons (Fsp3) is 0.368. The van der Waals surface area contributed by atoms with Crippen LogP contribution in [0.3, 0.4) is 0 Å². The minimum absolute atomic E-state index is 0.367. The van der Waals surface area contributed by atoms with Crippen molar-refractivity contribution in [3.05, 3.63) is 71.3 Å². The first-order valence-electron chi connectivity index (χ1n) is 7.15. The van der Waals surface area contributed by atoms with Gasteiger partial charge in [-0.2, -0.15) is 0 Å². The second-order valence-electron chi connectivity index (χ2n) is 6.54. The van der Waals surface area contributed by atoms with Crippen LogP contribution in [0, 0.1) is 5.41 Å². The first-order chi connectivity index (χ1) is 9.03. The summed E-state index contributed by atoms with van der Waals surface area (Å²) in [6, 6.07) is 19.8. The van der Waals surface area contributed by atoms with E-state index in [9.17, 15) is 0 Å². The average molecular weight is 252 g/mol. The summed E-state index contributed by atoms with van der Waals surface area (Å²) in [5.41, 5.74) is 4.66. The summed E-state index contributed by atoms with van der Waals surface area (Å²) < 4.78 is 0. The Hall–Kier alpha value is -1.56. The lowest BCUT2D eigenvalue weighted by Gasteiger charge is -2.18. The van der Waals surface area contributed by atoms with Crippen LogP contribution in [-0.4, -0.2) is 0 Å². The van der Waals surface area contributed by atoms with Gasteiger partial charge in [-0.05, 0) is 41.4 Å². The molecule has 0 aliphatic heterocycles. The Labute approximate surface area is 117 Å². The van der Waals surface area contributed by atoms with E-state index >= 15 is 0 Å². The molecule has 19 heavy (non-hydrogen) atoms. The van der Waals surface area contributed by atoms with Crippen LogP contribution < -0.4 is 0 Å². The fourth-order valence-electron chi connectivity index (χ4n) is 2.37. The van der Waals surface area contributed by atoms with E-state index in [0.717, 1.165) is 19.3 Å². The van der Waals surface area contributed by atoms with Gasteiger partial charge in [0, 0.05) is 0 Å². The zero-order valence-corrected chi connectivity index (χ0v) is 12.3. The van der Waals surface area contributed by atoms with Gasteiger partial charge >= 0.3 is 0 Å². The number of rotatable bonds is 4. The van der Waals surface area contributed by atoms with Gasteiger partial charge in [-0.15, -0.1) is 0 Å². The Kier molecular flexibility index (Phi) is 4.42. The summed E-state index contributed by atoms with van der Waals surface area (Å²) in [5.74, 6) is 0. The van der Waals surface area contributed by atoms with Gasteiger partial charge in [0.2, 0.25) is 0 Å². The first-order valence-corrected chi connectivity index (χ1v) is 7.15. The van der Waals surface area contributed by atoms with Crippen LogP contribution in [0.1, 0.15) is 37.5 Å². The molecule has 0 aliphatic carbocycles. The van der Waals surface area contributed by atoms with Crippen molar-refractivity contribution in [2.45, 2.75) is 40.0 Å². The molecule has 0 aromatic heterocycles. The van der Waals surface area contributed by atoms with E-state index in [2.05, 4.69) is 75.4 Å². The van der Waals surface area contributed by atoms with Gasteiger partial charge in [-0.3, -0.25) is 0 Å². The van der Waals surface area contributed by atoms with Crippen LogP contribution in [0.15, 0.2) is 54.6 Å². The van der Waals surface area contributed by atoms with Gasteiger partial charge in [0.15, 0.2) is 0 Å². The van der Waals surface area contributed by atoms with Gasteiger partial charge < -0.3 is 0 Å². The molecule has 0 nitrogen and oxygen atoms in total. The Bertz CT molecular complexity index is 486. The molecule has 0 spiro atoms. The summed E-state index contributed by atoms with van der Waals surface area (Å²) in [5, 5.41) is 0. The van der Waals surface area contributed by atoms with Crippen molar-refractivity contribution in [2.75, 3.05) is 0 Å². The highest BCUT2D eigenvalue weighted by molar-refractivity contribution is 5.25. The van der Waals surface area contributed by atoms with Crippen molar-refractivity contribution < 1.29 is 0 Å². The SMILES string of the molecule is CC(C)(C)Cc1ccc(CCc2ccccc2)cc1. The fourth-order valence-corrected chi connectivity index (χ4v) is 2.37. The highest BCUT2D eigenvalue weighted by Crippen LogP contribution is 2.21. The molecule has 2 aromatic rings. The van der Waals surface area contributed by atoms with Crippen molar-refractivity contribution >= 4 is 0 Å². The summed E-state index contributed by atoms with van der Waals surface area (Å²) in [6.07, 6.45) is 3.39. The third-order valence-corrected chi connectivity index (χ3v) is 3.30. The van der Waals surface area contributed by atoms with Crippen molar-refractivity contribution in [1.29, 1.82) is 0 Å². The van der Waals surface area contributed by atoms with Gasteiger partial charge in [0.25, 0.3) is 0 Å². The van der Waals surface area contributed by atoms with E-state index in [1.165, 1.54) is 16.7 Å². The van der Waals surface area contributed by atoms with Crippen molar-refractivity contribution in [1.82, 2.24) is 0 Å². The molecule has 0 amide bonds. The number of hydrogen-bond acceptors (Lipinski definition) is 0. The second kappa shape index (κ2) is 6.06. The van der Waals surface area contributed by atoms with E-state index in [-0.39, 0.29) is 0 Å². The van der Waals surface area contributed by atoms with Crippen LogP contribution in [0.4, 0.5) is 0 Å². The number of aryl methyl sites for hydroxylation is 2. The lowest BCUT2D eigenvalue weighted by molar-refractivity contribution is 0.411. The third kappa shape index (κ3) is 4.90. The third-order valence-electron chi connectivity index (χ3n) is 3.30. The van der Waals surface area contributed by atoms with E-state index in [0.29, 0.717) is 5.41 Å². The summed E-state index contributed by atoms with van der Waals surface area (Å²) in [7, 11) is 0. The number of benzene rings is 2. The maximum Gasteiger partial charge on any atom is -0.0230 e. The Morgan fingerprint density at radius 1 is 0.632 bits per heavy atom. The maximum absolute atomic E-state index is 2.29. The summed E-state index contributed by atoms with van der Waals surface area (Å²) >= 11 is 0. The molecule has 0 bridgehead atoms. The minimum Gasteiger partial charge on any atom is -0.0622 e. The van der Waals surface area contributed by atoms with Crippen molar-refractivity contribution in [3.8, 4) is 0 Å². The molecule has 2 rings (SSSR count). The minimum atomic E-state index is 0.367. The van der Waals surface area contributed by atoms with Crippen LogP contribution in [0.25, 0.3) is 0 Å². The maximum atomic E-state index is 2.29. The molecule has 0 saturated carbocycles. The molecule has 0 atom stereocenters. The van der Waals surface area contributed by atoms with Crippen LogP contribution in [-0.2, 0) is 19.3 Å². The molecular weight excluding hydrogens is 228 g/mol. The molecule has 2 aromatic carbocycles. The number of hydrogen-bond donors (Lipinski definition) is 0. The molecular formula is C19H24. The lowest BCUT2D eigenvalue weighted by atomic mass is 9.88. The smallest absolute Gasteiger partial charge is 0.0230 e. The molecule has 0 N–H and O–H groups in total. The lowest BCUT2D eigenvalue weighted by Crippen LogP contribution is -2.08. The van der Waals surface area contributed by atoms with Gasteiger partial charge in [0.1, 0.15) is 0 Å². The zero-order chi connectivity index (χ0) is 13.7. The quantitative estimate of drug-likeness (QED) is 0.713. The normalized spacial score (nSPS) is 11.5. The van der Waals surface area contributed by atoms with Crippen molar-refractivity contribution in [3.63, 3.8) is 0 Å². The monoisotopic (exact) mass is 252 g/mol. The van der Waals surface area contributed by atoms with Crippen LogP contribution in [0.2, 0.25) is 0 Å². The van der Waals surface area contributed by atoms with Gasteiger partial charge in [0.05, 0.1) is 0 Å². The predicted octanol–water partition coefficient (Wildman–Crippen LogP) is 5.06. The molecule has 0 fully saturated rings. The molecule has 0 heteroatoms. The van der Waals surface area contributed by atoms with E-state index in [1.54, 1.807) is 0 Å². The van der Waals surface area contributed by atoms with Gasteiger partial charge in [-0.1, -0.05) is 75.4 Å². The van der Waals surface area contributed by atoms with Crippen molar-refractivity contribution in [2.24, 2.45) is 5.41 Å².